The molecule has 0 radical (unpaired) electrons. The summed E-state index contributed by atoms with van der Waals surface area (Å²) in [5, 5.41) is 5.98. The van der Waals surface area contributed by atoms with Crippen molar-refractivity contribution in [3.8, 4) is 28.2 Å². The lowest BCUT2D eigenvalue weighted by Gasteiger charge is -2.24. The van der Waals surface area contributed by atoms with Gasteiger partial charge in [-0.3, -0.25) is 4.57 Å². The lowest BCUT2D eigenvalue weighted by atomic mass is 9.80. The SMILES string of the molecule is CC1(C)c2ccccc2-c2ccc3ccc4c5ccccc5n(-c5ncc6cc(-c7ccccc7)ccc6n5)c4c3c21. The highest BCUT2D eigenvalue weighted by Crippen LogP contribution is 2.53. The average molecular weight is 538 g/mol. The molecule has 3 nitrogen and oxygen atoms in total. The first-order valence-electron chi connectivity index (χ1n) is 14.5. The number of aromatic nitrogens is 3. The van der Waals surface area contributed by atoms with Gasteiger partial charge in [0.2, 0.25) is 5.95 Å². The zero-order chi connectivity index (χ0) is 28.0. The van der Waals surface area contributed by atoms with Crippen molar-refractivity contribution in [3.05, 3.63) is 139 Å². The molecule has 2 heterocycles. The monoisotopic (exact) mass is 537 g/mol. The van der Waals surface area contributed by atoms with Crippen LogP contribution in [0.2, 0.25) is 0 Å². The third kappa shape index (κ3) is 3.11. The second-order valence-electron chi connectivity index (χ2n) is 11.9. The van der Waals surface area contributed by atoms with Gasteiger partial charge < -0.3 is 0 Å². The summed E-state index contributed by atoms with van der Waals surface area (Å²) < 4.78 is 2.29. The standard InChI is InChI=1S/C39H27N3/c1-39(2)32-14-8-6-12-28(32)30-19-16-25-17-20-31-29-13-7-9-15-34(29)42(37(31)35(25)36(30)39)38-40-23-27-22-26(18-21-33(27)41-38)24-10-4-3-5-11-24/h3-23H,1-2H3. The van der Waals surface area contributed by atoms with Gasteiger partial charge in [-0.25, -0.2) is 9.97 Å². The Morgan fingerprint density at radius 1 is 0.619 bits per heavy atom. The first kappa shape index (κ1) is 23.4. The van der Waals surface area contributed by atoms with Crippen LogP contribution in [-0.4, -0.2) is 14.5 Å². The normalized spacial score (nSPS) is 13.7. The first-order chi connectivity index (χ1) is 20.6. The van der Waals surface area contributed by atoms with Crippen LogP contribution in [-0.2, 0) is 5.41 Å². The largest absolute Gasteiger partial charge is 0.277 e. The van der Waals surface area contributed by atoms with E-state index in [9.17, 15) is 0 Å². The van der Waals surface area contributed by atoms with Gasteiger partial charge in [0.15, 0.2) is 0 Å². The molecule has 0 unspecified atom stereocenters. The van der Waals surface area contributed by atoms with Gasteiger partial charge >= 0.3 is 0 Å². The lowest BCUT2D eigenvalue weighted by Crippen LogP contribution is -2.16. The molecule has 2 aromatic heterocycles. The Bertz CT molecular complexity index is 2380. The maximum Gasteiger partial charge on any atom is 0.235 e. The van der Waals surface area contributed by atoms with Crippen LogP contribution in [0.5, 0.6) is 0 Å². The van der Waals surface area contributed by atoms with Crippen molar-refractivity contribution >= 4 is 43.5 Å². The van der Waals surface area contributed by atoms with Crippen molar-refractivity contribution < 1.29 is 0 Å². The van der Waals surface area contributed by atoms with E-state index in [1.54, 1.807) is 0 Å². The fraction of sp³-hybridized carbons (Fsp3) is 0.0769. The van der Waals surface area contributed by atoms with Crippen LogP contribution >= 0.6 is 0 Å². The van der Waals surface area contributed by atoms with E-state index in [2.05, 4.69) is 134 Å². The molecule has 0 spiro atoms. The highest BCUT2D eigenvalue weighted by atomic mass is 15.2. The second kappa shape index (κ2) is 8.37. The molecule has 1 aliphatic carbocycles. The Labute approximate surface area is 243 Å². The van der Waals surface area contributed by atoms with Crippen molar-refractivity contribution in [2.45, 2.75) is 19.3 Å². The Morgan fingerprint density at radius 2 is 1.40 bits per heavy atom. The summed E-state index contributed by atoms with van der Waals surface area (Å²) in [6.45, 7) is 4.72. The first-order valence-corrected chi connectivity index (χ1v) is 14.5. The van der Waals surface area contributed by atoms with Gasteiger partial charge in [0.05, 0.1) is 16.6 Å². The van der Waals surface area contributed by atoms with Crippen LogP contribution in [0.4, 0.5) is 0 Å². The average Bonchev–Trinajstić information content (AvgIpc) is 3.50. The molecule has 8 aromatic rings. The molecule has 9 rings (SSSR count). The molecule has 0 fully saturated rings. The van der Waals surface area contributed by atoms with Gasteiger partial charge in [-0.15, -0.1) is 0 Å². The van der Waals surface area contributed by atoms with Gasteiger partial charge in [-0.2, -0.15) is 0 Å². The highest BCUT2D eigenvalue weighted by Gasteiger charge is 2.37. The van der Waals surface area contributed by atoms with Crippen molar-refractivity contribution in [3.63, 3.8) is 0 Å². The number of hydrogen-bond acceptors (Lipinski definition) is 2. The Morgan fingerprint density at radius 3 is 2.31 bits per heavy atom. The Hall–Kier alpha value is -5.28. The number of para-hydroxylation sites is 1. The predicted octanol–water partition coefficient (Wildman–Crippen LogP) is 9.85. The maximum absolute atomic E-state index is 5.18. The van der Waals surface area contributed by atoms with Crippen LogP contribution in [0, 0.1) is 0 Å². The Balaban J connectivity index is 1.37. The lowest BCUT2D eigenvalue weighted by molar-refractivity contribution is 0.666. The van der Waals surface area contributed by atoms with Crippen LogP contribution in [0.25, 0.3) is 71.7 Å². The summed E-state index contributed by atoms with van der Waals surface area (Å²) in [5.74, 6) is 0.694. The molecule has 1 aliphatic rings. The molecule has 0 saturated heterocycles. The van der Waals surface area contributed by atoms with Crippen molar-refractivity contribution in [2.75, 3.05) is 0 Å². The maximum atomic E-state index is 5.18. The molecule has 6 aromatic carbocycles. The number of hydrogen-bond donors (Lipinski definition) is 0. The molecule has 0 amide bonds. The van der Waals surface area contributed by atoms with Gasteiger partial charge in [-0.1, -0.05) is 117 Å². The molecule has 0 aliphatic heterocycles. The molecule has 0 bridgehead atoms. The molecule has 0 saturated carbocycles. The molecule has 0 atom stereocenters. The van der Waals surface area contributed by atoms with Crippen LogP contribution in [0.15, 0.2) is 128 Å². The summed E-state index contributed by atoms with van der Waals surface area (Å²) in [7, 11) is 0. The van der Waals surface area contributed by atoms with E-state index in [1.165, 1.54) is 60.4 Å². The predicted molar refractivity (Wildman–Crippen MR) is 174 cm³/mol. The van der Waals surface area contributed by atoms with E-state index in [0.29, 0.717) is 5.95 Å². The summed E-state index contributed by atoms with van der Waals surface area (Å²) in [5.41, 5.74) is 10.8. The Kier molecular flexibility index (Phi) is 4.67. The number of nitrogens with zero attached hydrogens (tertiary/aromatic N) is 3. The highest BCUT2D eigenvalue weighted by molar-refractivity contribution is 6.20. The summed E-state index contributed by atoms with van der Waals surface area (Å²) in [6.07, 6.45) is 1.97. The number of fused-ring (bicyclic) bond motifs is 10. The van der Waals surface area contributed by atoms with E-state index in [0.717, 1.165) is 16.4 Å². The quantitative estimate of drug-likeness (QED) is 0.220. The summed E-state index contributed by atoms with van der Waals surface area (Å²) in [4.78, 5) is 10.2. The van der Waals surface area contributed by atoms with Crippen LogP contribution < -0.4 is 0 Å². The number of benzene rings is 6. The van der Waals surface area contributed by atoms with Gasteiger partial charge in [0, 0.05) is 33.2 Å². The third-order valence-corrected chi connectivity index (χ3v) is 9.21. The molecule has 198 valence electrons. The fourth-order valence-electron chi connectivity index (χ4n) is 7.29. The second-order valence-corrected chi connectivity index (χ2v) is 11.9. The van der Waals surface area contributed by atoms with Crippen LogP contribution in [0.3, 0.4) is 0 Å². The minimum Gasteiger partial charge on any atom is -0.277 e. The zero-order valence-corrected chi connectivity index (χ0v) is 23.5. The molecule has 0 N–H and O–H groups in total. The molecule has 3 heteroatoms. The van der Waals surface area contributed by atoms with Crippen molar-refractivity contribution in [1.82, 2.24) is 14.5 Å². The molecular weight excluding hydrogens is 510 g/mol. The van der Waals surface area contributed by atoms with Gasteiger partial charge in [0.25, 0.3) is 0 Å². The minimum atomic E-state index is -0.140. The summed E-state index contributed by atoms with van der Waals surface area (Å²) >= 11 is 0. The fourth-order valence-corrected chi connectivity index (χ4v) is 7.29. The minimum absolute atomic E-state index is 0.140. The zero-order valence-electron chi connectivity index (χ0n) is 23.5. The van der Waals surface area contributed by atoms with Crippen molar-refractivity contribution in [1.29, 1.82) is 0 Å². The van der Waals surface area contributed by atoms with E-state index < -0.39 is 0 Å². The van der Waals surface area contributed by atoms with Crippen molar-refractivity contribution in [2.24, 2.45) is 0 Å². The van der Waals surface area contributed by atoms with Gasteiger partial charge in [-0.05, 0) is 57.0 Å². The number of rotatable bonds is 2. The van der Waals surface area contributed by atoms with E-state index in [4.69, 9.17) is 9.97 Å². The van der Waals surface area contributed by atoms with E-state index in [-0.39, 0.29) is 5.41 Å². The topological polar surface area (TPSA) is 30.7 Å². The van der Waals surface area contributed by atoms with Gasteiger partial charge in [0.1, 0.15) is 0 Å². The summed E-state index contributed by atoms with van der Waals surface area (Å²) in [6, 6.07) is 43.6. The molecular formula is C39H27N3. The van der Waals surface area contributed by atoms with E-state index >= 15 is 0 Å². The third-order valence-electron chi connectivity index (χ3n) is 9.21. The van der Waals surface area contributed by atoms with E-state index in [1.807, 2.05) is 12.3 Å². The molecule has 42 heavy (non-hydrogen) atoms. The smallest absolute Gasteiger partial charge is 0.235 e. The van der Waals surface area contributed by atoms with Crippen LogP contribution in [0.1, 0.15) is 25.0 Å².